The highest BCUT2D eigenvalue weighted by atomic mass is 16.5. The van der Waals surface area contributed by atoms with Crippen LogP contribution in [0.1, 0.15) is 51.3 Å². The molecule has 5 aromatic rings. The highest BCUT2D eigenvalue weighted by molar-refractivity contribution is 5.87. The maximum atomic E-state index is 13.5. The molecule has 0 bridgehead atoms. The van der Waals surface area contributed by atoms with Gasteiger partial charge in [0, 0.05) is 13.0 Å². The van der Waals surface area contributed by atoms with Crippen molar-refractivity contribution >= 4 is 34.1 Å². The summed E-state index contributed by atoms with van der Waals surface area (Å²) in [5.74, 6) is 1.57. The number of aromatic amines is 2. The number of carbonyl (C=O) groups excluding carboxylic acids is 2. The fraction of sp³-hybridized carbons (Fsp3) is 0.333. The number of nitrogens with one attached hydrogen (secondary N) is 3. The molecule has 0 saturated carbocycles. The van der Waals surface area contributed by atoms with E-state index in [9.17, 15) is 9.59 Å². The van der Waals surface area contributed by atoms with Gasteiger partial charge in [-0.1, -0.05) is 57.2 Å². The summed E-state index contributed by atoms with van der Waals surface area (Å²) in [6.45, 7) is 6.55. The van der Waals surface area contributed by atoms with Crippen molar-refractivity contribution in [1.29, 1.82) is 0 Å². The molecule has 1 fully saturated rings. The third-order valence-corrected chi connectivity index (χ3v) is 8.16. The van der Waals surface area contributed by atoms with E-state index in [2.05, 4.69) is 81.8 Å². The van der Waals surface area contributed by atoms with Crippen molar-refractivity contribution in [2.45, 2.75) is 52.1 Å². The number of aryl methyl sites for hydroxylation is 1. The maximum Gasteiger partial charge on any atom is 0.407 e. The van der Waals surface area contributed by atoms with Crippen LogP contribution in [-0.2, 0) is 16.0 Å². The van der Waals surface area contributed by atoms with Crippen LogP contribution in [0.4, 0.5) is 4.79 Å². The summed E-state index contributed by atoms with van der Waals surface area (Å²) in [5, 5.41) is 2.71. The highest BCUT2D eigenvalue weighted by Crippen LogP contribution is 2.34. The number of likely N-dealkylation sites (tertiary alicyclic amines) is 1. The van der Waals surface area contributed by atoms with E-state index < -0.39 is 12.1 Å². The molecule has 1 aliphatic heterocycles. The molecule has 9 nitrogen and oxygen atoms in total. The quantitative estimate of drug-likeness (QED) is 0.212. The summed E-state index contributed by atoms with van der Waals surface area (Å²) in [6, 6.07) is 20.3. The third kappa shape index (κ3) is 5.22. The number of benzene rings is 3. The Bertz CT molecular complexity index is 1750. The van der Waals surface area contributed by atoms with E-state index in [0.717, 1.165) is 75.2 Å². The monoisotopic (exact) mass is 564 g/mol. The number of hydrogen-bond acceptors (Lipinski definition) is 5. The molecule has 1 aliphatic rings. The molecular formula is C33H36N6O3. The molecule has 216 valence electrons. The number of amides is 2. The van der Waals surface area contributed by atoms with Crippen LogP contribution in [0.3, 0.4) is 0 Å². The zero-order chi connectivity index (χ0) is 29.4. The Morgan fingerprint density at radius 1 is 0.929 bits per heavy atom. The number of methoxy groups -OCH3 is 1. The van der Waals surface area contributed by atoms with E-state index in [1.165, 1.54) is 7.11 Å². The molecule has 42 heavy (non-hydrogen) atoms. The van der Waals surface area contributed by atoms with Crippen LogP contribution in [0.15, 0.2) is 60.7 Å². The van der Waals surface area contributed by atoms with E-state index in [-0.39, 0.29) is 17.9 Å². The Hall–Kier alpha value is -4.66. The fourth-order valence-corrected chi connectivity index (χ4v) is 5.82. The smallest absolute Gasteiger partial charge is 0.407 e. The molecule has 0 radical (unpaired) electrons. The predicted octanol–water partition coefficient (Wildman–Crippen LogP) is 6.38. The number of aromatic nitrogens is 4. The van der Waals surface area contributed by atoms with Crippen molar-refractivity contribution < 1.29 is 14.3 Å². The molecule has 2 aromatic heterocycles. The van der Waals surface area contributed by atoms with E-state index in [0.29, 0.717) is 6.54 Å². The van der Waals surface area contributed by atoms with Crippen LogP contribution in [-0.4, -0.2) is 56.5 Å². The minimum atomic E-state index is -0.660. The largest absolute Gasteiger partial charge is 0.453 e. The Labute approximate surface area is 244 Å². The van der Waals surface area contributed by atoms with Gasteiger partial charge in [0.25, 0.3) is 0 Å². The van der Waals surface area contributed by atoms with Crippen LogP contribution in [0.5, 0.6) is 0 Å². The number of carbonyl (C=O) groups is 2. The first-order valence-electron chi connectivity index (χ1n) is 14.6. The zero-order valence-electron chi connectivity index (χ0n) is 24.4. The van der Waals surface area contributed by atoms with Gasteiger partial charge in [-0.05, 0) is 65.3 Å². The normalized spacial score (nSPS) is 15.9. The van der Waals surface area contributed by atoms with Crippen molar-refractivity contribution in [3.8, 4) is 22.3 Å². The Morgan fingerprint density at radius 2 is 1.52 bits per heavy atom. The first-order chi connectivity index (χ1) is 20.3. The number of alkyl carbamates (subject to hydrolysis) is 1. The first kappa shape index (κ1) is 27.5. The topological polar surface area (TPSA) is 116 Å². The average molecular weight is 565 g/mol. The Morgan fingerprint density at radius 3 is 2.12 bits per heavy atom. The Balaban J connectivity index is 1.22. The van der Waals surface area contributed by atoms with Gasteiger partial charge >= 0.3 is 6.09 Å². The lowest BCUT2D eigenvalue weighted by atomic mass is 10.00. The number of fused-ring (bicyclic) bond motifs is 2. The third-order valence-electron chi connectivity index (χ3n) is 8.16. The zero-order valence-corrected chi connectivity index (χ0v) is 24.4. The van der Waals surface area contributed by atoms with E-state index in [4.69, 9.17) is 9.72 Å². The fourth-order valence-electron chi connectivity index (χ4n) is 5.82. The molecule has 9 heteroatoms. The van der Waals surface area contributed by atoms with Crippen LogP contribution in [0.25, 0.3) is 44.3 Å². The number of imidazole rings is 2. The van der Waals surface area contributed by atoms with Gasteiger partial charge in [0.05, 0.1) is 35.2 Å². The average Bonchev–Trinajstić information content (AvgIpc) is 3.76. The SMILES string of the molecule is CCc1nc2ccc(-c3ccc(-c4ccc5nc(C6CCCN6C(=O)C(NC(=O)OC)C(C)C)[nH]c5c4)cc3)cc2[nH]1. The second kappa shape index (κ2) is 11.3. The number of rotatable bonds is 7. The summed E-state index contributed by atoms with van der Waals surface area (Å²) < 4.78 is 4.75. The molecule has 3 heterocycles. The maximum absolute atomic E-state index is 13.5. The highest BCUT2D eigenvalue weighted by Gasteiger charge is 2.37. The number of nitrogens with zero attached hydrogens (tertiary/aromatic N) is 3. The Kier molecular flexibility index (Phi) is 7.41. The van der Waals surface area contributed by atoms with Gasteiger partial charge in [-0.15, -0.1) is 0 Å². The minimum Gasteiger partial charge on any atom is -0.453 e. The van der Waals surface area contributed by atoms with Crippen LogP contribution >= 0.6 is 0 Å². The van der Waals surface area contributed by atoms with Gasteiger partial charge in [0.1, 0.15) is 17.7 Å². The van der Waals surface area contributed by atoms with Crippen molar-refractivity contribution in [2.24, 2.45) is 5.92 Å². The molecule has 0 aliphatic carbocycles. The summed E-state index contributed by atoms with van der Waals surface area (Å²) in [7, 11) is 1.30. The van der Waals surface area contributed by atoms with Crippen molar-refractivity contribution in [1.82, 2.24) is 30.2 Å². The van der Waals surface area contributed by atoms with Gasteiger partial charge < -0.3 is 24.9 Å². The van der Waals surface area contributed by atoms with Crippen LogP contribution in [0.2, 0.25) is 0 Å². The number of ether oxygens (including phenoxy) is 1. The lowest BCUT2D eigenvalue weighted by Crippen LogP contribution is -2.51. The van der Waals surface area contributed by atoms with Crippen molar-refractivity contribution in [3.05, 3.63) is 72.3 Å². The van der Waals surface area contributed by atoms with E-state index in [1.807, 2.05) is 24.8 Å². The lowest BCUT2D eigenvalue weighted by molar-refractivity contribution is -0.135. The summed E-state index contributed by atoms with van der Waals surface area (Å²) in [6.07, 6.45) is 1.96. The lowest BCUT2D eigenvalue weighted by Gasteiger charge is -2.29. The number of hydrogen-bond donors (Lipinski definition) is 3. The van der Waals surface area contributed by atoms with Gasteiger partial charge in [-0.3, -0.25) is 4.79 Å². The van der Waals surface area contributed by atoms with E-state index in [1.54, 1.807) is 0 Å². The van der Waals surface area contributed by atoms with Gasteiger partial charge in [0.2, 0.25) is 5.91 Å². The van der Waals surface area contributed by atoms with Gasteiger partial charge in [0.15, 0.2) is 0 Å². The minimum absolute atomic E-state index is 0.0789. The standard InChI is InChI=1S/C33H36N6O3/c1-5-29-34-24-14-12-22(17-26(24)35-29)20-8-10-21(11-9-20)23-13-15-25-27(18-23)37-31(36-25)28-7-6-16-39(28)32(40)30(19(2)3)38-33(41)42-4/h8-15,17-19,28,30H,5-7,16H2,1-4H3,(H,34,35)(H,36,37)(H,38,41). The second-order valence-electron chi connectivity index (χ2n) is 11.2. The predicted molar refractivity (Wildman–Crippen MR) is 164 cm³/mol. The molecule has 2 amide bonds. The molecule has 2 atom stereocenters. The molecule has 2 unspecified atom stereocenters. The second-order valence-corrected chi connectivity index (χ2v) is 11.2. The molecule has 3 N–H and O–H groups in total. The van der Waals surface area contributed by atoms with Crippen molar-refractivity contribution in [3.63, 3.8) is 0 Å². The number of H-pyrrole nitrogens is 2. The van der Waals surface area contributed by atoms with Gasteiger partial charge in [-0.2, -0.15) is 0 Å². The molecule has 6 rings (SSSR count). The van der Waals surface area contributed by atoms with E-state index >= 15 is 0 Å². The summed E-state index contributed by atoms with van der Waals surface area (Å²) >= 11 is 0. The van der Waals surface area contributed by atoms with Crippen LogP contribution in [0, 0.1) is 5.92 Å². The van der Waals surface area contributed by atoms with Gasteiger partial charge in [-0.25, -0.2) is 14.8 Å². The summed E-state index contributed by atoms with van der Waals surface area (Å²) in [5.41, 5.74) is 8.31. The molecule has 0 spiro atoms. The molecule has 1 saturated heterocycles. The van der Waals surface area contributed by atoms with Crippen LogP contribution < -0.4 is 5.32 Å². The summed E-state index contributed by atoms with van der Waals surface area (Å²) in [4.78, 5) is 43.6. The molecular weight excluding hydrogens is 528 g/mol. The first-order valence-corrected chi connectivity index (χ1v) is 14.6. The molecule has 3 aromatic carbocycles. The van der Waals surface area contributed by atoms with Crippen molar-refractivity contribution in [2.75, 3.05) is 13.7 Å².